The van der Waals surface area contributed by atoms with Crippen molar-refractivity contribution >= 4 is 28.7 Å². The molecule has 2 heterocycles. The number of anilines is 1. The minimum Gasteiger partial charge on any atom is -0.494 e. The van der Waals surface area contributed by atoms with Gasteiger partial charge in [-0.1, -0.05) is 36.4 Å². The molecule has 2 aromatic carbocycles. The van der Waals surface area contributed by atoms with Gasteiger partial charge in [-0.25, -0.2) is 24.3 Å². The van der Waals surface area contributed by atoms with Crippen LogP contribution in [0, 0.1) is 0 Å². The number of nitrogens with zero attached hydrogens (tertiary/aromatic N) is 1. The third-order valence-corrected chi connectivity index (χ3v) is 5.89. The quantitative estimate of drug-likeness (QED) is 0.138. The number of pyridine rings is 1. The number of alkyl halides is 3. The van der Waals surface area contributed by atoms with Crippen LogP contribution in [0.5, 0.6) is 5.75 Å². The molecule has 4 rings (SSSR count). The topological polar surface area (TPSA) is 103 Å². The summed E-state index contributed by atoms with van der Waals surface area (Å²) >= 11 is 0. The van der Waals surface area contributed by atoms with E-state index in [2.05, 4.69) is 25.1 Å². The first kappa shape index (κ1) is 27.5. The van der Waals surface area contributed by atoms with Gasteiger partial charge in [-0.05, 0) is 54.3 Å². The largest absolute Gasteiger partial charge is 0.495 e. The summed E-state index contributed by atoms with van der Waals surface area (Å²) < 4.78 is 43.1. The summed E-state index contributed by atoms with van der Waals surface area (Å²) in [6, 6.07) is 20.1. The number of aromatic amines is 1. The highest BCUT2D eigenvalue weighted by Gasteiger charge is 2.43. The van der Waals surface area contributed by atoms with E-state index in [1.54, 1.807) is 42.7 Å². The van der Waals surface area contributed by atoms with Crippen LogP contribution in [-0.4, -0.2) is 41.2 Å². The van der Waals surface area contributed by atoms with Crippen molar-refractivity contribution in [3.05, 3.63) is 90.3 Å². The molecule has 0 aliphatic heterocycles. The van der Waals surface area contributed by atoms with Gasteiger partial charge in [0.15, 0.2) is 0 Å². The van der Waals surface area contributed by atoms with Gasteiger partial charge in [-0.15, -0.1) is 0 Å². The Bertz CT molecular complexity index is 1380. The standard InChI is InChI=1S/C28H26F3N3O5/c29-28(30,31)27(36)39-38-26(35)17-21(19-8-2-1-3-9-19)23-18-34-24-12-11-20(16-22(23)24)37-15-7-6-14-33-25-10-4-5-13-32-25/h1-5,8-13,16,18,21,34H,6-7,14-15,17H2,(H,32,33). The molecule has 0 aliphatic rings. The number of unbranched alkanes of at least 4 members (excludes halogenated alkanes) is 1. The van der Waals surface area contributed by atoms with Crippen LogP contribution in [0.2, 0.25) is 0 Å². The van der Waals surface area contributed by atoms with Crippen LogP contribution in [0.3, 0.4) is 0 Å². The molecular weight excluding hydrogens is 515 g/mol. The summed E-state index contributed by atoms with van der Waals surface area (Å²) in [7, 11) is 0. The van der Waals surface area contributed by atoms with Gasteiger partial charge < -0.3 is 15.0 Å². The average molecular weight is 542 g/mol. The van der Waals surface area contributed by atoms with Crippen LogP contribution in [-0.2, 0) is 19.4 Å². The Morgan fingerprint density at radius 1 is 0.974 bits per heavy atom. The number of carbonyl (C=O) groups excluding carboxylic acids is 2. The first-order chi connectivity index (χ1) is 18.8. The molecule has 1 unspecified atom stereocenters. The molecule has 0 saturated carbocycles. The van der Waals surface area contributed by atoms with Crippen LogP contribution < -0.4 is 10.1 Å². The second-order valence-electron chi connectivity index (χ2n) is 8.64. The van der Waals surface area contributed by atoms with E-state index >= 15 is 0 Å². The van der Waals surface area contributed by atoms with Gasteiger partial charge in [0, 0.05) is 35.8 Å². The van der Waals surface area contributed by atoms with Gasteiger partial charge >= 0.3 is 18.1 Å². The number of nitrogens with one attached hydrogen (secondary N) is 2. The summed E-state index contributed by atoms with van der Waals surface area (Å²) in [5, 5.41) is 4.02. The Balaban J connectivity index is 1.41. The van der Waals surface area contributed by atoms with Crippen molar-refractivity contribution in [2.45, 2.75) is 31.4 Å². The van der Waals surface area contributed by atoms with E-state index in [1.165, 1.54) is 0 Å². The number of fused-ring (bicyclic) bond motifs is 1. The maximum absolute atomic E-state index is 12.4. The predicted molar refractivity (Wildman–Crippen MR) is 137 cm³/mol. The Labute approximate surface area is 222 Å². The van der Waals surface area contributed by atoms with E-state index in [1.807, 2.05) is 36.4 Å². The molecule has 8 nitrogen and oxygen atoms in total. The minimum absolute atomic E-state index is 0.365. The zero-order valence-corrected chi connectivity index (χ0v) is 20.7. The Kier molecular flexibility index (Phi) is 9.03. The number of benzene rings is 2. The second kappa shape index (κ2) is 12.8. The molecule has 0 fully saturated rings. The first-order valence-electron chi connectivity index (χ1n) is 12.2. The lowest BCUT2D eigenvalue weighted by atomic mass is 9.88. The van der Waals surface area contributed by atoms with Gasteiger partial charge in [0.25, 0.3) is 0 Å². The van der Waals surface area contributed by atoms with Crippen LogP contribution in [0.25, 0.3) is 10.9 Å². The minimum atomic E-state index is -5.28. The van der Waals surface area contributed by atoms with Crippen molar-refractivity contribution in [2.75, 3.05) is 18.5 Å². The predicted octanol–water partition coefficient (Wildman–Crippen LogP) is 5.92. The van der Waals surface area contributed by atoms with E-state index in [4.69, 9.17) is 4.74 Å². The summed E-state index contributed by atoms with van der Waals surface area (Å²) in [6.07, 6.45) is -0.494. The SMILES string of the molecule is O=C(CC(c1ccccc1)c1c[nH]c2ccc(OCCCCNc3ccccn3)cc12)OOC(=O)C(F)(F)F. The molecule has 0 amide bonds. The van der Waals surface area contributed by atoms with E-state index in [-0.39, 0.29) is 6.42 Å². The molecule has 0 bridgehead atoms. The van der Waals surface area contributed by atoms with Gasteiger partial charge in [0.1, 0.15) is 11.6 Å². The summed E-state index contributed by atoms with van der Waals surface area (Å²) in [5.41, 5.74) is 2.22. The molecule has 0 aliphatic carbocycles. The molecular formula is C28H26F3N3O5. The van der Waals surface area contributed by atoms with Crippen molar-refractivity contribution in [1.82, 2.24) is 9.97 Å². The molecule has 0 radical (unpaired) electrons. The zero-order valence-electron chi connectivity index (χ0n) is 20.7. The van der Waals surface area contributed by atoms with Crippen molar-refractivity contribution in [2.24, 2.45) is 0 Å². The number of aromatic nitrogens is 2. The second-order valence-corrected chi connectivity index (χ2v) is 8.64. The van der Waals surface area contributed by atoms with Gasteiger partial charge in [0.05, 0.1) is 13.0 Å². The van der Waals surface area contributed by atoms with Crippen LogP contribution in [0.15, 0.2) is 79.1 Å². The number of hydrogen-bond acceptors (Lipinski definition) is 7. The Morgan fingerprint density at radius 3 is 2.51 bits per heavy atom. The monoisotopic (exact) mass is 541 g/mol. The zero-order chi connectivity index (χ0) is 27.7. The molecule has 2 aromatic heterocycles. The third kappa shape index (κ3) is 7.73. The summed E-state index contributed by atoms with van der Waals surface area (Å²) in [6.45, 7) is 1.25. The van der Waals surface area contributed by atoms with Crippen LogP contribution in [0.1, 0.15) is 36.3 Å². The van der Waals surface area contributed by atoms with Crippen molar-refractivity contribution in [1.29, 1.82) is 0 Å². The van der Waals surface area contributed by atoms with Crippen LogP contribution in [0.4, 0.5) is 19.0 Å². The fraction of sp³-hybridized carbons (Fsp3) is 0.250. The molecule has 1 atom stereocenters. The highest BCUT2D eigenvalue weighted by molar-refractivity contribution is 5.86. The molecule has 0 spiro atoms. The fourth-order valence-corrected chi connectivity index (χ4v) is 4.03. The number of rotatable bonds is 11. The summed E-state index contributed by atoms with van der Waals surface area (Å²) in [5.74, 6) is -2.87. The lowest BCUT2D eigenvalue weighted by molar-refractivity contribution is -0.285. The smallest absolute Gasteiger partial charge is 0.494 e. The molecule has 4 aromatic rings. The van der Waals surface area contributed by atoms with Crippen molar-refractivity contribution in [3.8, 4) is 5.75 Å². The number of halogens is 3. The van der Waals surface area contributed by atoms with E-state index < -0.39 is 24.0 Å². The number of H-pyrrole nitrogens is 1. The van der Waals surface area contributed by atoms with E-state index in [9.17, 15) is 22.8 Å². The van der Waals surface area contributed by atoms with Crippen molar-refractivity contribution < 1.29 is 37.3 Å². The maximum atomic E-state index is 12.4. The van der Waals surface area contributed by atoms with Crippen molar-refractivity contribution in [3.63, 3.8) is 0 Å². The fourth-order valence-electron chi connectivity index (χ4n) is 4.03. The number of carbonyl (C=O) groups is 2. The van der Waals surface area contributed by atoms with Gasteiger partial charge in [-0.2, -0.15) is 13.2 Å². The molecule has 39 heavy (non-hydrogen) atoms. The third-order valence-electron chi connectivity index (χ3n) is 5.89. The maximum Gasteiger partial charge on any atom is 0.495 e. The highest BCUT2D eigenvalue weighted by Crippen LogP contribution is 2.35. The van der Waals surface area contributed by atoms with Gasteiger partial charge in [0.2, 0.25) is 0 Å². The highest BCUT2D eigenvalue weighted by atomic mass is 19.4. The normalized spacial score (nSPS) is 12.1. The molecule has 204 valence electrons. The average Bonchev–Trinajstić information content (AvgIpc) is 3.35. The number of ether oxygens (including phenoxy) is 1. The lowest BCUT2D eigenvalue weighted by Gasteiger charge is -2.16. The Morgan fingerprint density at radius 2 is 1.77 bits per heavy atom. The molecule has 0 saturated heterocycles. The first-order valence-corrected chi connectivity index (χ1v) is 12.2. The number of hydrogen-bond donors (Lipinski definition) is 2. The van der Waals surface area contributed by atoms with Crippen LogP contribution >= 0.6 is 0 Å². The Hall–Kier alpha value is -4.54. The summed E-state index contributed by atoms with van der Waals surface area (Å²) in [4.78, 5) is 38.5. The molecule has 11 heteroatoms. The van der Waals surface area contributed by atoms with E-state index in [0.29, 0.717) is 17.9 Å². The van der Waals surface area contributed by atoms with E-state index in [0.717, 1.165) is 41.7 Å². The van der Waals surface area contributed by atoms with Gasteiger partial charge in [-0.3, -0.25) is 0 Å². The lowest BCUT2D eigenvalue weighted by Crippen LogP contribution is -2.27. The molecule has 2 N–H and O–H groups in total.